The number of hydrogen-bond acceptors (Lipinski definition) is 3. The Morgan fingerprint density at radius 3 is 2.86 bits per heavy atom. The molecule has 1 saturated carbocycles. The standard InChI is InChI=1S/C18H26N2O/c1-2-19-15(12-11-14-7-3-4-8-14)13-18-20-16-9-5-6-10-17(16)21-18/h5-6,9-10,14-15,19H,2-4,7-8,11-13H2,1H3. The van der Waals surface area contributed by atoms with Crippen LogP contribution in [-0.4, -0.2) is 17.6 Å². The molecule has 3 heteroatoms. The van der Waals surface area contributed by atoms with Gasteiger partial charge in [0.2, 0.25) is 0 Å². The van der Waals surface area contributed by atoms with Crippen molar-refractivity contribution >= 4 is 11.1 Å². The molecule has 1 N–H and O–H groups in total. The van der Waals surface area contributed by atoms with Gasteiger partial charge in [0.25, 0.3) is 0 Å². The van der Waals surface area contributed by atoms with E-state index in [0.29, 0.717) is 6.04 Å². The maximum atomic E-state index is 5.87. The van der Waals surface area contributed by atoms with Crippen molar-refractivity contribution in [1.82, 2.24) is 10.3 Å². The van der Waals surface area contributed by atoms with Crippen LogP contribution in [0.2, 0.25) is 0 Å². The molecule has 1 aromatic carbocycles. The molecule has 1 aromatic heterocycles. The van der Waals surface area contributed by atoms with Crippen molar-refractivity contribution in [2.75, 3.05) is 6.54 Å². The summed E-state index contributed by atoms with van der Waals surface area (Å²) in [6.07, 6.45) is 9.21. The van der Waals surface area contributed by atoms with Gasteiger partial charge in [-0.2, -0.15) is 0 Å². The van der Waals surface area contributed by atoms with Crippen molar-refractivity contribution in [3.63, 3.8) is 0 Å². The summed E-state index contributed by atoms with van der Waals surface area (Å²) < 4.78 is 5.87. The van der Waals surface area contributed by atoms with Crippen LogP contribution < -0.4 is 5.32 Å². The van der Waals surface area contributed by atoms with E-state index in [4.69, 9.17) is 4.42 Å². The minimum absolute atomic E-state index is 0.490. The molecule has 0 amide bonds. The van der Waals surface area contributed by atoms with Crippen LogP contribution in [0.5, 0.6) is 0 Å². The van der Waals surface area contributed by atoms with Crippen LogP contribution in [0.3, 0.4) is 0 Å². The number of nitrogens with zero attached hydrogens (tertiary/aromatic N) is 1. The molecule has 1 fully saturated rings. The Labute approximate surface area is 127 Å². The minimum Gasteiger partial charge on any atom is -0.441 e. The Balaban J connectivity index is 1.60. The van der Waals surface area contributed by atoms with Crippen LogP contribution in [0.4, 0.5) is 0 Å². The fourth-order valence-corrected chi connectivity index (χ4v) is 3.52. The summed E-state index contributed by atoms with van der Waals surface area (Å²) in [5, 5.41) is 3.60. The van der Waals surface area contributed by atoms with Gasteiger partial charge in [-0.3, -0.25) is 0 Å². The first-order valence-electron chi connectivity index (χ1n) is 8.43. The van der Waals surface area contributed by atoms with E-state index >= 15 is 0 Å². The summed E-state index contributed by atoms with van der Waals surface area (Å²) in [7, 11) is 0. The zero-order valence-corrected chi connectivity index (χ0v) is 13.0. The molecule has 21 heavy (non-hydrogen) atoms. The van der Waals surface area contributed by atoms with Crippen molar-refractivity contribution in [2.24, 2.45) is 5.92 Å². The molecule has 1 heterocycles. The Hall–Kier alpha value is -1.35. The van der Waals surface area contributed by atoms with Crippen molar-refractivity contribution in [1.29, 1.82) is 0 Å². The third-order valence-electron chi connectivity index (χ3n) is 4.65. The second kappa shape index (κ2) is 7.08. The molecular weight excluding hydrogens is 260 g/mol. The van der Waals surface area contributed by atoms with Crippen LogP contribution in [0.25, 0.3) is 11.1 Å². The normalized spacial score (nSPS) is 17.6. The first kappa shape index (κ1) is 14.6. The van der Waals surface area contributed by atoms with E-state index < -0.39 is 0 Å². The highest BCUT2D eigenvalue weighted by Gasteiger charge is 2.18. The number of nitrogens with one attached hydrogen (secondary N) is 1. The van der Waals surface area contributed by atoms with Gasteiger partial charge >= 0.3 is 0 Å². The highest BCUT2D eigenvalue weighted by molar-refractivity contribution is 5.72. The Morgan fingerprint density at radius 1 is 1.29 bits per heavy atom. The summed E-state index contributed by atoms with van der Waals surface area (Å²) in [5.41, 5.74) is 1.87. The molecule has 3 rings (SSSR count). The number of para-hydroxylation sites is 2. The van der Waals surface area contributed by atoms with Gasteiger partial charge in [-0.05, 0) is 37.4 Å². The lowest BCUT2D eigenvalue weighted by molar-refractivity contribution is 0.384. The van der Waals surface area contributed by atoms with Gasteiger partial charge in [0.05, 0.1) is 0 Å². The predicted octanol–water partition coefficient (Wildman–Crippen LogP) is 4.32. The Kier molecular flexibility index (Phi) is 4.91. The number of aromatic nitrogens is 1. The number of fused-ring (bicyclic) bond motifs is 1. The minimum atomic E-state index is 0.490. The van der Waals surface area contributed by atoms with Crippen molar-refractivity contribution in [3.05, 3.63) is 30.2 Å². The van der Waals surface area contributed by atoms with Gasteiger partial charge in [-0.1, -0.05) is 44.7 Å². The van der Waals surface area contributed by atoms with Crippen molar-refractivity contribution in [2.45, 2.75) is 57.9 Å². The molecule has 0 saturated heterocycles. The number of oxazole rings is 1. The second-order valence-corrected chi connectivity index (χ2v) is 6.26. The highest BCUT2D eigenvalue weighted by Crippen LogP contribution is 2.29. The Bertz CT molecular complexity index is 524. The van der Waals surface area contributed by atoms with E-state index in [1.807, 2.05) is 24.3 Å². The van der Waals surface area contributed by atoms with Gasteiger partial charge in [0.1, 0.15) is 5.52 Å². The number of rotatable bonds is 7. The van der Waals surface area contributed by atoms with Gasteiger partial charge in [-0.25, -0.2) is 4.98 Å². The Morgan fingerprint density at radius 2 is 2.10 bits per heavy atom. The first-order valence-corrected chi connectivity index (χ1v) is 8.43. The molecule has 3 nitrogen and oxygen atoms in total. The molecule has 1 aliphatic carbocycles. The van der Waals surface area contributed by atoms with Crippen LogP contribution in [0.15, 0.2) is 28.7 Å². The van der Waals surface area contributed by atoms with Crippen LogP contribution >= 0.6 is 0 Å². The number of hydrogen-bond donors (Lipinski definition) is 1. The fourth-order valence-electron chi connectivity index (χ4n) is 3.52. The lowest BCUT2D eigenvalue weighted by Gasteiger charge is -2.18. The van der Waals surface area contributed by atoms with E-state index in [1.165, 1.54) is 38.5 Å². The maximum Gasteiger partial charge on any atom is 0.197 e. The highest BCUT2D eigenvalue weighted by atomic mass is 16.3. The quantitative estimate of drug-likeness (QED) is 0.823. The smallest absolute Gasteiger partial charge is 0.197 e. The van der Waals surface area contributed by atoms with E-state index in [9.17, 15) is 0 Å². The molecule has 1 unspecified atom stereocenters. The summed E-state index contributed by atoms with van der Waals surface area (Å²) in [4.78, 5) is 4.61. The third-order valence-corrected chi connectivity index (χ3v) is 4.65. The summed E-state index contributed by atoms with van der Waals surface area (Å²) >= 11 is 0. The van der Waals surface area contributed by atoms with Crippen molar-refractivity contribution in [3.8, 4) is 0 Å². The zero-order valence-electron chi connectivity index (χ0n) is 13.0. The fraction of sp³-hybridized carbons (Fsp3) is 0.611. The van der Waals surface area contributed by atoms with Gasteiger partial charge in [0, 0.05) is 12.5 Å². The van der Waals surface area contributed by atoms with Crippen LogP contribution in [0, 0.1) is 5.92 Å². The molecule has 1 aliphatic rings. The molecule has 0 spiro atoms. The molecule has 2 aromatic rings. The average molecular weight is 286 g/mol. The van der Waals surface area contributed by atoms with E-state index in [0.717, 1.165) is 35.9 Å². The largest absolute Gasteiger partial charge is 0.441 e. The zero-order chi connectivity index (χ0) is 14.5. The molecule has 0 aliphatic heterocycles. The van der Waals surface area contributed by atoms with Gasteiger partial charge < -0.3 is 9.73 Å². The van der Waals surface area contributed by atoms with Crippen LogP contribution in [-0.2, 0) is 6.42 Å². The molecule has 114 valence electrons. The van der Waals surface area contributed by atoms with E-state index in [1.54, 1.807) is 0 Å². The van der Waals surface area contributed by atoms with Crippen molar-refractivity contribution < 1.29 is 4.42 Å². The number of benzene rings is 1. The molecule has 0 bridgehead atoms. The maximum absolute atomic E-state index is 5.87. The monoisotopic (exact) mass is 286 g/mol. The first-order chi connectivity index (χ1) is 10.3. The second-order valence-electron chi connectivity index (χ2n) is 6.26. The summed E-state index contributed by atoms with van der Waals surface area (Å²) in [5.74, 6) is 1.82. The van der Waals surface area contributed by atoms with Gasteiger partial charge in [-0.15, -0.1) is 0 Å². The SMILES string of the molecule is CCNC(CCC1CCCC1)Cc1nc2ccccc2o1. The average Bonchev–Trinajstić information content (AvgIpc) is 3.13. The molecular formula is C18H26N2O. The number of likely N-dealkylation sites (N-methyl/N-ethyl adjacent to an activating group) is 1. The van der Waals surface area contributed by atoms with E-state index in [-0.39, 0.29) is 0 Å². The third kappa shape index (κ3) is 3.85. The van der Waals surface area contributed by atoms with Crippen LogP contribution in [0.1, 0.15) is 51.3 Å². The predicted molar refractivity (Wildman–Crippen MR) is 86.4 cm³/mol. The summed E-state index contributed by atoms with van der Waals surface area (Å²) in [6, 6.07) is 8.51. The summed E-state index contributed by atoms with van der Waals surface area (Å²) in [6.45, 7) is 3.18. The van der Waals surface area contributed by atoms with E-state index in [2.05, 4.69) is 17.2 Å². The lowest BCUT2D eigenvalue weighted by atomic mass is 9.97. The molecule has 0 radical (unpaired) electrons. The topological polar surface area (TPSA) is 38.1 Å². The lowest BCUT2D eigenvalue weighted by Crippen LogP contribution is -2.31. The van der Waals surface area contributed by atoms with Gasteiger partial charge in [0.15, 0.2) is 11.5 Å². The molecule has 1 atom stereocenters.